The zero-order chi connectivity index (χ0) is 18.5. The third-order valence-electron chi connectivity index (χ3n) is 3.59. The monoisotopic (exact) mass is 372 g/mol. The first-order valence-corrected chi connectivity index (χ1v) is 8.67. The van der Waals surface area contributed by atoms with Gasteiger partial charge < -0.3 is 10.1 Å². The van der Waals surface area contributed by atoms with Crippen molar-refractivity contribution in [1.29, 1.82) is 0 Å². The summed E-state index contributed by atoms with van der Waals surface area (Å²) in [6, 6.07) is 11.6. The molecule has 0 aliphatic rings. The fourth-order valence-corrected chi connectivity index (χ4v) is 3.17. The van der Waals surface area contributed by atoms with Gasteiger partial charge in [-0.15, -0.1) is 0 Å². The Morgan fingerprint density at radius 1 is 1.35 bits per heavy atom. The number of carbonyl (C=O) groups excluding carboxylic acids is 1. The standard InChI is InChI=1S/C18H17FN4O2S/c1-11(21-18-22-14-5-3-4-6-16(14)26-18)17(24)23-20-10-12-7-8-15(25-2)13(19)9-12/h3-11H,1-2H3,(H,21,22)(H,23,24)/b20-10-/t11-/m1/s1. The number of methoxy groups -OCH3 is 1. The van der Waals surface area contributed by atoms with Crippen molar-refractivity contribution in [3.05, 3.63) is 53.8 Å². The van der Waals surface area contributed by atoms with Crippen molar-refractivity contribution < 1.29 is 13.9 Å². The summed E-state index contributed by atoms with van der Waals surface area (Å²) in [6.45, 7) is 1.71. The number of aromatic nitrogens is 1. The molecule has 6 nitrogen and oxygen atoms in total. The Labute approximate surface area is 153 Å². The lowest BCUT2D eigenvalue weighted by Crippen LogP contribution is -2.34. The number of ether oxygens (including phenoxy) is 1. The number of hydrogen-bond acceptors (Lipinski definition) is 6. The molecule has 26 heavy (non-hydrogen) atoms. The largest absolute Gasteiger partial charge is 0.494 e. The predicted molar refractivity (Wildman–Crippen MR) is 101 cm³/mol. The first kappa shape index (κ1) is 17.8. The van der Waals surface area contributed by atoms with Crippen molar-refractivity contribution in [1.82, 2.24) is 10.4 Å². The van der Waals surface area contributed by atoms with E-state index in [9.17, 15) is 9.18 Å². The highest BCUT2D eigenvalue weighted by Gasteiger charge is 2.14. The summed E-state index contributed by atoms with van der Waals surface area (Å²) in [4.78, 5) is 16.5. The second-order valence-electron chi connectivity index (χ2n) is 5.48. The van der Waals surface area contributed by atoms with Gasteiger partial charge in [-0.3, -0.25) is 4.79 Å². The maximum Gasteiger partial charge on any atom is 0.262 e. The Hall–Kier alpha value is -3.00. The molecule has 3 rings (SSSR count). The SMILES string of the molecule is COc1ccc(/C=N\NC(=O)[C@@H](C)Nc2nc3ccccc3s2)cc1F. The normalized spacial score (nSPS) is 12.3. The average molecular weight is 372 g/mol. The molecule has 2 aromatic carbocycles. The number of benzene rings is 2. The number of carbonyl (C=O) groups is 1. The molecule has 0 radical (unpaired) electrons. The van der Waals surface area contributed by atoms with Gasteiger partial charge in [0, 0.05) is 0 Å². The summed E-state index contributed by atoms with van der Waals surface area (Å²) >= 11 is 1.47. The van der Waals surface area contributed by atoms with Gasteiger partial charge in [-0.25, -0.2) is 14.8 Å². The summed E-state index contributed by atoms with van der Waals surface area (Å²) in [5, 5.41) is 7.57. The number of para-hydroxylation sites is 1. The number of fused-ring (bicyclic) bond motifs is 1. The van der Waals surface area contributed by atoms with Gasteiger partial charge in [0.15, 0.2) is 16.7 Å². The number of amides is 1. The van der Waals surface area contributed by atoms with Crippen LogP contribution in [0.5, 0.6) is 5.75 Å². The molecule has 8 heteroatoms. The van der Waals surface area contributed by atoms with E-state index in [4.69, 9.17) is 4.74 Å². The highest BCUT2D eigenvalue weighted by molar-refractivity contribution is 7.22. The van der Waals surface area contributed by atoms with Gasteiger partial charge in [-0.1, -0.05) is 23.5 Å². The van der Waals surface area contributed by atoms with E-state index in [2.05, 4.69) is 20.8 Å². The van der Waals surface area contributed by atoms with Gasteiger partial charge in [0.25, 0.3) is 5.91 Å². The number of hydrogen-bond donors (Lipinski definition) is 2. The molecule has 0 aliphatic carbocycles. The highest BCUT2D eigenvalue weighted by atomic mass is 32.1. The zero-order valence-electron chi connectivity index (χ0n) is 14.2. The van der Waals surface area contributed by atoms with Crippen molar-refractivity contribution >= 4 is 38.8 Å². The molecule has 3 aromatic rings. The zero-order valence-corrected chi connectivity index (χ0v) is 15.0. The van der Waals surface area contributed by atoms with Gasteiger partial charge in [0.05, 0.1) is 23.5 Å². The molecule has 0 aliphatic heterocycles. The van der Waals surface area contributed by atoms with Gasteiger partial charge in [-0.05, 0) is 42.8 Å². The molecule has 0 saturated carbocycles. The van der Waals surface area contributed by atoms with Crippen molar-refractivity contribution in [2.45, 2.75) is 13.0 Å². The molecule has 1 aromatic heterocycles. The smallest absolute Gasteiger partial charge is 0.262 e. The number of halogens is 1. The van der Waals surface area contributed by atoms with Gasteiger partial charge in [0.1, 0.15) is 6.04 Å². The first-order chi connectivity index (χ1) is 12.6. The number of hydrazone groups is 1. The minimum absolute atomic E-state index is 0.153. The fourth-order valence-electron chi connectivity index (χ4n) is 2.21. The van der Waals surface area contributed by atoms with Gasteiger partial charge >= 0.3 is 0 Å². The predicted octanol–water partition coefficient (Wildman–Crippen LogP) is 3.39. The van der Waals surface area contributed by atoms with Crippen LogP contribution in [0, 0.1) is 5.82 Å². The molecule has 0 unspecified atom stereocenters. The van der Waals surface area contributed by atoms with Crippen LogP contribution in [0.4, 0.5) is 9.52 Å². The molecule has 134 valence electrons. The molecule has 0 saturated heterocycles. The Morgan fingerprint density at radius 2 is 2.15 bits per heavy atom. The van der Waals surface area contributed by atoms with Gasteiger partial charge in [0.2, 0.25) is 0 Å². The van der Waals surface area contributed by atoms with E-state index in [1.807, 2.05) is 24.3 Å². The number of nitrogens with one attached hydrogen (secondary N) is 2. The Balaban J connectivity index is 1.57. The summed E-state index contributed by atoms with van der Waals surface area (Å²) in [5.41, 5.74) is 3.82. The summed E-state index contributed by atoms with van der Waals surface area (Å²) in [6.07, 6.45) is 1.37. The maximum atomic E-state index is 13.6. The van der Waals surface area contributed by atoms with E-state index in [-0.39, 0.29) is 11.7 Å². The molecule has 0 fully saturated rings. The van der Waals surface area contributed by atoms with Crippen LogP contribution in [0.1, 0.15) is 12.5 Å². The van der Waals surface area contributed by atoms with Crippen LogP contribution < -0.4 is 15.5 Å². The topological polar surface area (TPSA) is 75.6 Å². The Morgan fingerprint density at radius 3 is 2.88 bits per heavy atom. The second kappa shape index (κ2) is 7.92. The molecule has 2 N–H and O–H groups in total. The maximum absolute atomic E-state index is 13.6. The quantitative estimate of drug-likeness (QED) is 0.514. The van der Waals surface area contributed by atoms with E-state index in [0.717, 1.165) is 10.2 Å². The summed E-state index contributed by atoms with van der Waals surface area (Å²) in [7, 11) is 1.40. The van der Waals surface area contributed by atoms with Crippen LogP contribution in [0.2, 0.25) is 0 Å². The first-order valence-electron chi connectivity index (χ1n) is 7.85. The molecular formula is C18H17FN4O2S. The third-order valence-corrected chi connectivity index (χ3v) is 4.56. The second-order valence-corrected chi connectivity index (χ2v) is 6.51. The minimum atomic E-state index is -0.527. The molecule has 1 amide bonds. The van der Waals surface area contributed by atoms with Crippen molar-refractivity contribution in [3.63, 3.8) is 0 Å². The molecule has 0 spiro atoms. The van der Waals surface area contributed by atoms with E-state index < -0.39 is 11.9 Å². The number of anilines is 1. The van der Waals surface area contributed by atoms with Crippen molar-refractivity contribution in [2.24, 2.45) is 5.10 Å². The van der Waals surface area contributed by atoms with Crippen LogP contribution in [0.15, 0.2) is 47.6 Å². The average Bonchev–Trinajstić information content (AvgIpc) is 3.04. The number of thiazole rings is 1. The van der Waals surface area contributed by atoms with E-state index in [1.165, 1.54) is 36.8 Å². The van der Waals surface area contributed by atoms with E-state index in [1.54, 1.807) is 13.0 Å². The van der Waals surface area contributed by atoms with Gasteiger partial charge in [-0.2, -0.15) is 5.10 Å². The van der Waals surface area contributed by atoms with Crippen LogP contribution in [-0.2, 0) is 4.79 Å². The summed E-state index contributed by atoms with van der Waals surface area (Å²) in [5.74, 6) is -0.664. The lowest BCUT2D eigenvalue weighted by atomic mass is 10.2. The van der Waals surface area contributed by atoms with Crippen LogP contribution >= 0.6 is 11.3 Å². The van der Waals surface area contributed by atoms with Crippen molar-refractivity contribution in [3.8, 4) is 5.75 Å². The number of nitrogens with zero attached hydrogens (tertiary/aromatic N) is 2. The molecule has 1 heterocycles. The van der Waals surface area contributed by atoms with E-state index in [0.29, 0.717) is 10.7 Å². The summed E-state index contributed by atoms with van der Waals surface area (Å²) < 4.78 is 19.5. The Kier molecular flexibility index (Phi) is 5.43. The third kappa shape index (κ3) is 4.15. The molecule has 0 bridgehead atoms. The van der Waals surface area contributed by atoms with Crippen molar-refractivity contribution in [2.75, 3.05) is 12.4 Å². The minimum Gasteiger partial charge on any atom is -0.494 e. The fraction of sp³-hybridized carbons (Fsp3) is 0.167. The van der Waals surface area contributed by atoms with E-state index >= 15 is 0 Å². The van der Waals surface area contributed by atoms with Crippen LogP contribution in [-0.4, -0.2) is 30.3 Å². The molecule has 1 atom stereocenters. The Bertz CT molecular complexity index is 924. The van der Waals surface area contributed by atoms with Crippen LogP contribution in [0.25, 0.3) is 10.2 Å². The molecular weight excluding hydrogens is 355 g/mol. The lowest BCUT2D eigenvalue weighted by Gasteiger charge is -2.10. The lowest BCUT2D eigenvalue weighted by molar-refractivity contribution is -0.121. The highest BCUT2D eigenvalue weighted by Crippen LogP contribution is 2.25. The number of rotatable bonds is 6. The van der Waals surface area contributed by atoms with Crippen LogP contribution in [0.3, 0.4) is 0 Å².